The van der Waals surface area contributed by atoms with Gasteiger partial charge in [0.05, 0.1) is 17.6 Å². The second-order valence-electron chi connectivity index (χ2n) is 5.01. The van der Waals surface area contributed by atoms with Crippen LogP contribution in [0.2, 0.25) is 0 Å². The van der Waals surface area contributed by atoms with E-state index in [1.54, 1.807) is 29.2 Å². The quantitative estimate of drug-likeness (QED) is 0.879. The minimum Gasteiger partial charge on any atom is -0.484 e. The summed E-state index contributed by atoms with van der Waals surface area (Å²) in [6.45, 7) is 0.904. The molecule has 2 N–H and O–H groups in total. The van der Waals surface area contributed by atoms with E-state index in [4.69, 9.17) is 15.7 Å². The molecule has 1 fully saturated rings. The van der Waals surface area contributed by atoms with Crippen molar-refractivity contribution in [3.05, 3.63) is 29.8 Å². The predicted molar refractivity (Wildman–Crippen MR) is 75.2 cm³/mol. The Kier molecular flexibility index (Phi) is 4.77. The number of ether oxygens (including phenoxy) is 1. The summed E-state index contributed by atoms with van der Waals surface area (Å²) in [6.07, 6.45) is 1.51. The van der Waals surface area contributed by atoms with Crippen LogP contribution in [0.1, 0.15) is 18.4 Å². The summed E-state index contributed by atoms with van der Waals surface area (Å²) in [5, 5.41) is 8.70. The zero-order chi connectivity index (χ0) is 15.2. The van der Waals surface area contributed by atoms with Crippen LogP contribution >= 0.6 is 0 Å². The lowest BCUT2D eigenvalue weighted by Gasteiger charge is -2.31. The summed E-state index contributed by atoms with van der Waals surface area (Å²) in [4.78, 5) is 24.9. The Morgan fingerprint density at radius 2 is 2.10 bits per heavy atom. The molecule has 0 aliphatic carbocycles. The number of nitrogens with two attached hydrogens (primary N) is 1. The molecule has 1 aliphatic rings. The Bertz CT molecular complexity index is 563. The smallest absolute Gasteiger partial charge is 0.260 e. The maximum Gasteiger partial charge on any atom is 0.260 e. The number of nitrogens with zero attached hydrogens (tertiary/aromatic N) is 2. The Labute approximate surface area is 123 Å². The van der Waals surface area contributed by atoms with Crippen LogP contribution in [-0.2, 0) is 9.59 Å². The van der Waals surface area contributed by atoms with Crippen molar-refractivity contribution in [1.82, 2.24) is 4.90 Å². The van der Waals surface area contributed by atoms with Crippen molar-refractivity contribution in [2.24, 2.45) is 11.7 Å². The number of hydrogen-bond donors (Lipinski definition) is 1. The number of rotatable bonds is 4. The Morgan fingerprint density at radius 1 is 1.38 bits per heavy atom. The van der Waals surface area contributed by atoms with E-state index in [9.17, 15) is 9.59 Å². The van der Waals surface area contributed by atoms with Crippen molar-refractivity contribution in [1.29, 1.82) is 5.26 Å². The number of amides is 2. The fraction of sp³-hybridized carbons (Fsp3) is 0.400. The molecule has 0 bridgehead atoms. The maximum atomic E-state index is 12.1. The summed E-state index contributed by atoms with van der Waals surface area (Å²) >= 11 is 0. The molecular formula is C15H17N3O3. The second-order valence-corrected chi connectivity index (χ2v) is 5.01. The van der Waals surface area contributed by atoms with Crippen LogP contribution in [-0.4, -0.2) is 36.4 Å². The van der Waals surface area contributed by atoms with Crippen LogP contribution < -0.4 is 10.5 Å². The summed E-state index contributed by atoms with van der Waals surface area (Å²) in [7, 11) is 0. The monoisotopic (exact) mass is 287 g/mol. The van der Waals surface area contributed by atoms with E-state index >= 15 is 0 Å². The molecule has 2 rings (SSSR count). The van der Waals surface area contributed by atoms with E-state index < -0.39 is 0 Å². The third kappa shape index (κ3) is 3.96. The number of carbonyl (C=O) groups is 2. The number of nitriles is 1. The molecule has 0 radical (unpaired) electrons. The van der Waals surface area contributed by atoms with Crippen LogP contribution in [0.4, 0.5) is 0 Å². The third-order valence-electron chi connectivity index (χ3n) is 3.52. The first-order valence-electron chi connectivity index (χ1n) is 6.80. The molecular weight excluding hydrogens is 270 g/mol. The first kappa shape index (κ1) is 14.9. The minimum absolute atomic E-state index is 0.0859. The van der Waals surface area contributed by atoms with Crippen LogP contribution in [0.15, 0.2) is 24.3 Å². The molecule has 1 aromatic carbocycles. The highest BCUT2D eigenvalue weighted by Gasteiger charge is 2.26. The SMILES string of the molecule is N#Cc1ccc(OCC(=O)N2CCC[C@@H](C(N)=O)C2)cc1. The highest BCUT2D eigenvalue weighted by Crippen LogP contribution is 2.17. The van der Waals surface area contributed by atoms with Crippen molar-refractivity contribution < 1.29 is 14.3 Å². The van der Waals surface area contributed by atoms with Crippen molar-refractivity contribution in [3.8, 4) is 11.8 Å². The van der Waals surface area contributed by atoms with Gasteiger partial charge in [-0.05, 0) is 37.1 Å². The second kappa shape index (κ2) is 6.75. The number of carbonyl (C=O) groups excluding carboxylic acids is 2. The molecule has 0 saturated carbocycles. The van der Waals surface area contributed by atoms with E-state index in [0.29, 0.717) is 24.4 Å². The maximum absolute atomic E-state index is 12.1. The van der Waals surface area contributed by atoms with Gasteiger partial charge < -0.3 is 15.4 Å². The number of piperidine rings is 1. The van der Waals surface area contributed by atoms with Crippen LogP contribution in [0.25, 0.3) is 0 Å². The van der Waals surface area contributed by atoms with E-state index in [1.165, 1.54) is 0 Å². The van der Waals surface area contributed by atoms with E-state index in [2.05, 4.69) is 0 Å². The summed E-state index contributed by atoms with van der Waals surface area (Å²) in [6, 6.07) is 8.56. The number of hydrogen-bond acceptors (Lipinski definition) is 4. The van der Waals surface area contributed by atoms with Crippen molar-refractivity contribution in [2.45, 2.75) is 12.8 Å². The Morgan fingerprint density at radius 3 is 2.71 bits per heavy atom. The topological polar surface area (TPSA) is 96.4 Å². The van der Waals surface area contributed by atoms with Gasteiger partial charge in [0.1, 0.15) is 5.75 Å². The van der Waals surface area contributed by atoms with Crippen molar-refractivity contribution in [3.63, 3.8) is 0 Å². The van der Waals surface area contributed by atoms with E-state index in [1.807, 2.05) is 6.07 Å². The molecule has 1 atom stereocenters. The molecule has 0 aromatic heterocycles. The van der Waals surface area contributed by atoms with Gasteiger partial charge in [0.15, 0.2) is 6.61 Å². The zero-order valence-electron chi connectivity index (χ0n) is 11.6. The molecule has 1 aliphatic heterocycles. The molecule has 2 amide bonds. The van der Waals surface area contributed by atoms with Gasteiger partial charge in [-0.15, -0.1) is 0 Å². The Balaban J connectivity index is 1.86. The molecule has 1 heterocycles. The third-order valence-corrected chi connectivity index (χ3v) is 3.52. The van der Waals surface area contributed by atoms with Crippen molar-refractivity contribution in [2.75, 3.05) is 19.7 Å². The molecule has 6 nitrogen and oxygen atoms in total. The van der Waals surface area contributed by atoms with Gasteiger partial charge in [0.25, 0.3) is 5.91 Å². The molecule has 1 saturated heterocycles. The highest BCUT2D eigenvalue weighted by molar-refractivity contribution is 5.81. The lowest BCUT2D eigenvalue weighted by atomic mass is 9.97. The van der Waals surface area contributed by atoms with E-state index in [0.717, 1.165) is 12.8 Å². The van der Waals surface area contributed by atoms with Gasteiger partial charge in [-0.2, -0.15) is 5.26 Å². The lowest BCUT2D eigenvalue weighted by Crippen LogP contribution is -2.45. The van der Waals surface area contributed by atoms with Crippen LogP contribution in [0.5, 0.6) is 5.75 Å². The zero-order valence-corrected chi connectivity index (χ0v) is 11.6. The fourth-order valence-corrected chi connectivity index (χ4v) is 2.30. The van der Waals surface area contributed by atoms with Gasteiger partial charge >= 0.3 is 0 Å². The van der Waals surface area contributed by atoms with Gasteiger partial charge in [0.2, 0.25) is 5.91 Å². The minimum atomic E-state index is -0.361. The Hall–Kier alpha value is -2.55. The lowest BCUT2D eigenvalue weighted by molar-refractivity contribution is -0.136. The summed E-state index contributed by atoms with van der Waals surface area (Å²) in [5.41, 5.74) is 5.82. The molecule has 0 spiro atoms. The average Bonchev–Trinajstić information content (AvgIpc) is 2.53. The normalized spacial score (nSPS) is 17.9. The molecule has 110 valence electrons. The molecule has 21 heavy (non-hydrogen) atoms. The van der Waals surface area contributed by atoms with Crippen LogP contribution in [0, 0.1) is 17.2 Å². The largest absolute Gasteiger partial charge is 0.484 e. The van der Waals surface area contributed by atoms with E-state index in [-0.39, 0.29) is 24.3 Å². The summed E-state index contributed by atoms with van der Waals surface area (Å²) in [5.74, 6) is -0.255. The summed E-state index contributed by atoms with van der Waals surface area (Å²) < 4.78 is 5.40. The predicted octanol–water partition coefficient (Wildman–Crippen LogP) is 0.661. The van der Waals surface area contributed by atoms with Crippen molar-refractivity contribution >= 4 is 11.8 Å². The van der Waals surface area contributed by atoms with Gasteiger partial charge in [0, 0.05) is 13.1 Å². The van der Waals surface area contributed by atoms with Gasteiger partial charge in [-0.1, -0.05) is 0 Å². The number of likely N-dealkylation sites (tertiary alicyclic amines) is 1. The first-order chi connectivity index (χ1) is 10.1. The molecule has 1 aromatic rings. The number of primary amides is 1. The first-order valence-corrected chi connectivity index (χ1v) is 6.80. The average molecular weight is 287 g/mol. The number of benzene rings is 1. The highest BCUT2D eigenvalue weighted by atomic mass is 16.5. The van der Waals surface area contributed by atoms with Gasteiger partial charge in [-0.25, -0.2) is 0 Å². The van der Waals surface area contributed by atoms with Crippen LogP contribution in [0.3, 0.4) is 0 Å². The standard InChI is InChI=1S/C15H17N3O3/c16-8-11-3-5-13(6-4-11)21-10-14(19)18-7-1-2-12(9-18)15(17)20/h3-6,12H,1-2,7,9-10H2,(H2,17,20)/t12-/m1/s1. The van der Waals surface area contributed by atoms with Gasteiger partial charge in [-0.3, -0.25) is 9.59 Å². The molecule has 0 unspecified atom stereocenters. The fourth-order valence-electron chi connectivity index (χ4n) is 2.30. The molecule has 6 heteroatoms.